The van der Waals surface area contributed by atoms with E-state index >= 15 is 0 Å². The van der Waals surface area contributed by atoms with Crippen LogP contribution in [0.4, 0.5) is 0 Å². The summed E-state index contributed by atoms with van der Waals surface area (Å²) in [7, 11) is -1.59. The summed E-state index contributed by atoms with van der Waals surface area (Å²) in [6, 6.07) is 13.0. The van der Waals surface area contributed by atoms with E-state index in [2.05, 4.69) is 5.32 Å². The molecule has 0 fully saturated rings. The van der Waals surface area contributed by atoms with Crippen LogP contribution >= 0.6 is 0 Å². The molecule has 1 N–H and O–H groups in total. The highest BCUT2D eigenvalue weighted by Crippen LogP contribution is 2.17. The van der Waals surface area contributed by atoms with Gasteiger partial charge in [0, 0.05) is 25.4 Å². The molecule has 0 radical (unpaired) electrons. The highest BCUT2D eigenvalue weighted by atomic mass is 32.2. The summed E-state index contributed by atoms with van der Waals surface area (Å²) in [5.41, 5.74) is 1.42. The maximum atomic E-state index is 13.1. The first kappa shape index (κ1) is 26.4. The fourth-order valence-corrected chi connectivity index (χ4v) is 4.08. The fourth-order valence-electron chi connectivity index (χ4n) is 3.42. The molecule has 0 aliphatic rings. The molecule has 0 spiro atoms. The minimum absolute atomic E-state index is 0.148. The standard InChI is InChI=1S/C25H34N2O5S/c1-18(2)16-23(26-24(28)22-13-7-6-10-19(22)3)25(29)27(4)14-9-15-32-20-11-8-12-21(17-20)33(5,30)31/h6-8,10-13,17-18,23H,9,14-16H2,1-5H3,(H,26,28). The smallest absolute Gasteiger partial charge is 0.252 e. The third-order valence-electron chi connectivity index (χ3n) is 5.22. The van der Waals surface area contributed by atoms with Gasteiger partial charge >= 0.3 is 0 Å². The zero-order valence-corrected chi connectivity index (χ0v) is 20.8. The number of rotatable bonds is 11. The maximum Gasteiger partial charge on any atom is 0.252 e. The normalized spacial score (nSPS) is 12.3. The van der Waals surface area contributed by atoms with Gasteiger partial charge in [0.25, 0.3) is 5.91 Å². The third kappa shape index (κ3) is 8.20. The predicted molar refractivity (Wildman–Crippen MR) is 129 cm³/mol. The molecule has 2 amide bonds. The van der Waals surface area contributed by atoms with Crippen molar-refractivity contribution >= 4 is 21.7 Å². The number of hydrogen-bond donors (Lipinski definition) is 1. The van der Waals surface area contributed by atoms with E-state index < -0.39 is 15.9 Å². The summed E-state index contributed by atoms with van der Waals surface area (Å²) in [5, 5.41) is 2.90. The third-order valence-corrected chi connectivity index (χ3v) is 6.33. The molecule has 0 aliphatic carbocycles. The van der Waals surface area contributed by atoms with Gasteiger partial charge in [-0.2, -0.15) is 0 Å². The Kier molecular flexibility index (Phi) is 9.46. The van der Waals surface area contributed by atoms with E-state index in [1.807, 2.05) is 32.9 Å². The van der Waals surface area contributed by atoms with Crippen LogP contribution in [-0.4, -0.2) is 57.6 Å². The maximum absolute atomic E-state index is 13.1. The van der Waals surface area contributed by atoms with Crippen LogP contribution in [0.1, 0.15) is 42.6 Å². The van der Waals surface area contributed by atoms with E-state index in [1.165, 1.54) is 12.1 Å². The molecule has 1 unspecified atom stereocenters. The van der Waals surface area contributed by atoms with Crippen LogP contribution in [0.3, 0.4) is 0 Å². The summed E-state index contributed by atoms with van der Waals surface area (Å²) < 4.78 is 29.0. The van der Waals surface area contributed by atoms with Gasteiger partial charge in [-0.3, -0.25) is 9.59 Å². The van der Waals surface area contributed by atoms with E-state index in [9.17, 15) is 18.0 Å². The molecule has 0 bridgehead atoms. The zero-order valence-electron chi connectivity index (χ0n) is 20.0. The summed E-state index contributed by atoms with van der Waals surface area (Å²) in [6.45, 7) is 6.66. The summed E-state index contributed by atoms with van der Waals surface area (Å²) in [5.74, 6) is 0.296. The second kappa shape index (κ2) is 11.8. The van der Waals surface area contributed by atoms with E-state index in [4.69, 9.17) is 4.74 Å². The monoisotopic (exact) mass is 474 g/mol. The fraction of sp³-hybridized carbons (Fsp3) is 0.440. The number of benzene rings is 2. The lowest BCUT2D eigenvalue weighted by molar-refractivity contribution is -0.132. The Balaban J connectivity index is 1.93. The average Bonchev–Trinajstić information content (AvgIpc) is 2.75. The second-order valence-electron chi connectivity index (χ2n) is 8.68. The number of hydrogen-bond acceptors (Lipinski definition) is 5. The van der Waals surface area contributed by atoms with Crippen LogP contribution in [-0.2, 0) is 14.6 Å². The van der Waals surface area contributed by atoms with Crippen molar-refractivity contribution in [2.24, 2.45) is 5.92 Å². The Labute approximate surface area is 197 Å². The van der Waals surface area contributed by atoms with Gasteiger partial charge in [0.1, 0.15) is 11.8 Å². The number of nitrogens with one attached hydrogen (secondary N) is 1. The van der Waals surface area contributed by atoms with Crippen LogP contribution < -0.4 is 10.1 Å². The van der Waals surface area contributed by atoms with Gasteiger partial charge in [-0.25, -0.2) is 8.42 Å². The molecule has 33 heavy (non-hydrogen) atoms. The van der Waals surface area contributed by atoms with Gasteiger partial charge < -0.3 is 15.0 Å². The van der Waals surface area contributed by atoms with Crippen molar-refractivity contribution < 1.29 is 22.7 Å². The Hall–Kier alpha value is -2.87. The predicted octanol–water partition coefficient (Wildman–Crippen LogP) is 3.47. The van der Waals surface area contributed by atoms with Gasteiger partial charge in [-0.1, -0.05) is 38.1 Å². The number of carbonyl (C=O) groups is 2. The number of nitrogens with zero attached hydrogens (tertiary/aromatic N) is 1. The van der Waals surface area contributed by atoms with Crippen molar-refractivity contribution in [3.05, 3.63) is 59.7 Å². The first-order valence-corrected chi connectivity index (χ1v) is 12.9. The number of amides is 2. The van der Waals surface area contributed by atoms with Crippen LogP contribution in [0.25, 0.3) is 0 Å². The first-order chi connectivity index (χ1) is 15.5. The molecule has 7 nitrogen and oxygen atoms in total. The minimum atomic E-state index is -3.30. The van der Waals surface area contributed by atoms with Gasteiger partial charge in [0.2, 0.25) is 5.91 Å². The first-order valence-electron chi connectivity index (χ1n) is 11.0. The lowest BCUT2D eigenvalue weighted by Gasteiger charge is -2.26. The van der Waals surface area contributed by atoms with E-state index in [-0.39, 0.29) is 22.6 Å². The highest BCUT2D eigenvalue weighted by Gasteiger charge is 2.25. The molecule has 1 atom stereocenters. The van der Waals surface area contributed by atoms with Crippen LogP contribution in [0.2, 0.25) is 0 Å². The van der Waals surface area contributed by atoms with Crippen molar-refractivity contribution in [3.8, 4) is 5.75 Å². The molecule has 0 saturated heterocycles. The Morgan fingerprint density at radius 2 is 1.79 bits per heavy atom. The Morgan fingerprint density at radius 1 is 1.09 bits per heavy atom. The molecule has 0 heterocycles. The largest absolute Gasteiger partial charge is 0.493 e. The van der Waals surface area contributed by atoms with Gasteiger partial charge in [-0.05, 0) is 55.5 Å². The molecule has 8 heteroatoms. The second-order valence-corrected chi connectivity index (χ2v) is 10.7. The lowest BCUT2D eigenvalue weighted by Crippen LogP contribution is -2.48. The van der Waals surface area contributed by atoms with Crippen molar-refractivity contribution in [1.82, 2.24) is 10.2 Å². The van der Waals surface area contributed by atoms with Crippen molar-refractivity contribution in [2.45, 2.75) is 44.6 Å². The van der Waals surface area contributed by atoms with Gasteiger partial charge in [0.05, 0.1) is 11.5 Å². The minimum Gasteiger partial charge on any atom is -0.493 e. The molecule has 0 aliphatic heterocycles. The number of sulfone groups is 1. The number of carbonyl (C=O) groups excluding carboxylic acids is 2. The average molecular weight is 475 g/mol. The van der Waals surface area contributed by atoms with E-state index in [1.54, 1.807) is 36.2 Å². The molecular weight excluding hydrogens is 440 g/mol. The Morgan fingerprint density at radius 3 is 2.42 bits per heavy atom. The van der Waals surface area contributed by atoms with Gasteiger partial charge in [0.15, 0.2) is 9.84 Å². The number of aryl methyl sites for hydroxylation is 1. The SMILES string of the molecule is Cc1ccccc1C(=O)NC(CC(C)C)C(=O)N(C)CCCOc1cccc(S(C)(=O)=O)c1. The zero-order chi connectivity index (χ0) is 24.6. The molecule has 180 valence electrons. The molecule has 2 aromatic carbocycles. The van der Waals surface area contributed by atoms with Crippen molar-refractivity contribution in [1.29, 1.82) is 0 Å². The number of ether oxygens (including phenoxy) is 1. The van der Waals surface area contributed by atoms with E-state index in [0.29, 0.717) is 37.3 Å². The van der Waals surface area contributed by atoms with Gasteiger partial charge in [-0.15, -0.1) is 0 Å². The van der Waals surface area contributed by atoms with Crippen molar-refractivity contribution in [2.75, 3.05) is 26.5 Å². The highest BCUT2D eigenvalue weighted by molar-refractivity contribution is 7.90. The van der Waals surface area contributed by atoms with Crippen LogP contribution in [0, 0.1) is 12.8 Å². The lowest BCUT2D eigenvalue weighted by atomic mass is 10.0. The summed E-state index contributed by atoms with van der Waals surface area (Å²) >= 11 is 0. The van der Waals surface area contributed by atoms with Crippen LogP contribution in [0.15, 0.2) is 53.4 Å². The van der Waals surface area contributed by atoms with Crippen LogP contribution in [0.5, 0.6) is 5.75 Å². The van der Waals surface area contributed by atoms with Crippen molar-refractivity contribution in [3.63, 3.8) is 0 Å². The topological polar surface area (TPSA) is 92.8 Å². The molecule has 0 saturated carbocycles. The number of likely N-dealkylation sites (N-methyl/N-ethyl adjacent to an activating group) is 1. The molecule has 0 aromatic heterocycles. The molecule has 2 rings (SSSR count). The summed E-state index contributed by atoms with van der Waals surface area (Å²) in [6.07, 6.45) is 2.25. The van der Waals surface area contributed by atoms with E-state index in [0.717, 1.165) is 11.8 Å². The quantitative estimate of drug-likeness (QED) is 0.504. The molecular formula is C25H34N2O5S. The molecule has 2 aromatic rings. The Bertz CT molecular complexity index is 1070. The summed E-state index contributed by atoms with van der Waals surface area (Å²) in [4.78, 5) is 27.6.